The molecule has 41 heavy (non-hydrogen) atoms. The van der Waals surface area contributed by atoms with Crippen LogP contribution >= 0.6 is 0 Å². The maximum atomic E-state index is 12.7. The number of pyridine rings is 1. The first-order valence-electron chi connectivity index (χ1n) is 14.5. The van der Waals surface area contributed by atoms with E-state index in [9.17, 15) is 4.79 Å². The third-order valence-corrected chi connectivity index (χ3v) is 8.46. The van der Waals surface area contributed by atoms with Gasteiger partial charge < -0.3 is 19.9 Å². The highest BCUT2D eigenvalue weighted by atomic mass is 16.6. The van der Waals surface area contributed by atoms with E-state index in [1.807, 2.05) is 36.5 Å². The Kier molecular flexibility index (Phi) is 5.85. The highest BCUT2D eigenvalue weighted by Crippen LogP contribution is 2.49. The van der Waals surface area contributed by atoms with Crippen LogP contribution in [0.1, 0.15) is 95.9 Å². The molecule has 2 saturated carbocycles. The van der Waals surface area contributed by atoms with Crippen molar-refractivity contribution in [2.75, 3.05) is 5.73 Å². The van der Waals surface area contributed by atoms with Crippen LogP contribution in [0.2, 0.25) is 0 Å². The number of piperidine rings is 1. The molecule has 4 aromatic heterocycles. The van der Waals surface area contributed by atoms with E-state index in [0.717, 1.165) is 49.1 Å². The van der Waals surface area contributed by atoms with Crippen molar-refractivity contribution in [1.29, 1.82) is 0 Å². The minimum Gasteiger partial charge on any atom is -0.444 e. The van der Waals surface area contributed by atoms with Gasteiger partial charge in [-0.25, -0.2) is 19.4 Å². The van der Waals surface area contributed by atoms with E-state index in [2.05, 4.69) is 41.1 Å². The number of ether oxygens (including phenoxy) is 1. The van der Waals surface area contributed by atoms with Crippen molar-refractivity contribution in [3.8, 4) is 22.6 Å². The van der Waals surface area contributed by atoms with Crippen LogP contribution in [-0.2, 0) is 4.74 Å². The Morgan fingerprint density at radius 1 is 1.05 bits per heavy atom. The average Bonchev–Trinajstić information content (AvgIpc) is 3.53. The van der Waals surface area contributed by atoms with Gasteiger partial charge in [0, 0.05) is 30.2 Å². The molecule has 11 heteroatoms. The molecule has 2 aliphatic heterocycles. The van der Waals surface area contributed by atoms with Gasteiger partial charge in [-0.2, -0.15) is 5.10 Å². The Balaban J connectivity index is 1.20. The molecular weight excluding hydrogens is 520 g/mol. The third kappa shape index (κ3) is 4.42. The number of nitrogens with zero attached hydrogens (tertiary/aromatic N) is 7. The van der Waals surface area contributed by atoms with Gasteiger partial charge in [-0.1, -0.05) is 11.2 Å². The number of carbonyl (C=O) groups excluding carboxylic acids is 1. The number of hydrogen-bond acceptors (Lipinski definition) is 9. The lowest BCUT2D eigenvalue weighted by atomic mass is 9.71. The Hall–Kier alpha value is -4.02. The molecule has 2 aliphatic carbocycles. The van der Waals surface area contributed by atoms with Gasteiger partial charge in [0.2, 0.25) is 0 Å². The zero-order valence-electron chi connectivity index (χ0n) is 24.2. The highest BCUT2D eigenvalue weighted by molar-refractivity contribution is 6.00. The standard InChI is InChI=1S/C30H36N8O3/c1-15(2)38-28-23(27(31)33-14-34-28)24(35-38)25-22(26(41-36-25)16-6-7-16)21-9-8-17(13-32-21)18-10-19-12-20(11-18)37(19)29(39)40-30(3,4)5/h8-9,13-16,18-20H,6-7,10-12H2,1-5H3,(H2,31,33,34)/t18?,19-,20+. The molecule has 2 bridgehead atoms. The molecule has 1 amide bonds. The molecule has 0 spiro atoms. The molecular formula is C30H36N8O3. The number of aromatic nitrogens is 6. The molecule has 4 aliphatic rings. The van der Waals surface area contributed by atoms with E-state index in [4.69, 9.17) is 25.1 Å². The highest BCUT2D eigenvalue weighted by Gasteiger charge is 2.49. The molecule has 4 fully saturated rings. The number of nitrogen functional groups attached to an aromatic ring is 1. The fourth-order valence-electron chi connectivity index (χ4n) is 6.41. The molecule has 11 nitrogen and oxygen atoms in total. The van der Waals surface area contributed by atoms with E-state index < -0.39 is 5.60 Å². The second-order valence-electron chi connectivity index (χ2n) is 13.0. The zero-order chi connectivity index (χ0) is 28.6. The summed E-state index contributed by atoms with van der Waals surface area (Å²) in [4.78, 5) is 28.3. The maximum absolute atomic E-state index is 12.7. The van der Waals surface area contributed by atoms with E-state index in [-0.39, 0.29) is 24.2 Å². The summed E-state index contributed by atoms with van der Waals surface area (Å²) in [5.74, 6) is 1.88. The quantitative estimate of drug-likeness (QED) is 0.321. The predicted molar refractivity (Wildman–Crippen MR) is 153 cm³/mol. The van der Waals surface area contributed by atoms with Crippen LogP contribution in [0.15, 0.2) is 29.2 Å². The van der Waals surface area contributed by atoms with Crippen molar-refractivity contribution in [3.05, 3.63) is 36.0 Å². The Morgan fingerprint density at radius 3 is 2.44 bits per heavy atom. The number of rotatable bonds is 5. The lowest BCUT2D eigenvalue weighted by Crippen LogP contribution is -2.63. The van der Waals surface area contributed by atoms with Crippen LogP contribution in [0.3, 0.4) is 0 Å². The van der Waals surface area contributed by atoms with Crippen LogP contribution in [0.25, 0.3) is 33.7 Å². The number of carbonyl (C=O) groups is 1. The van der Waals surface area contributed by atoms with Gasteiger partial charge in [-0.3, -0.25) is 4.98 Å². The van der Waals surface area contributed by atoms with Gasteiger partial charge in [-0.15, -0.1) is 0 Å². The topological polar surface area (TPSA) is 138 Å². The van der Waals surface area contributed by atoms with Gasteiger partial charge >= 0.3 is 6.09 Å². The molecule has 3 atom stereocenters. The van der Waals surface area contributed by atoms with E-state index in [0.29, 0.717) is 40.1 Å². The summed E-state index contributed by atoms with van der Waals surface area (Å²) >= 11 is 0. The smallest absolute Gasteiger partial charge is 0.410 e. The molecule has 4 aromatic rings. The number of amides is 1. The predicted octanol–water partition coefficient (Wildman–Crippen LogP) is 5.84. The summed E-state index contributed by atoms with van der Waals surface area (Å²) in [7, 11) is 0. The van der Waals surface area contributed by atoms with Crippen molar-refractivity contribution < 1.29 is 14.1 Å². The van der Waals surface area contributed by atoms with Crippen molar-refractivity contribution >= 4 is 22.9 Å². The fraction of sp³-hybridized carbons (Fsp3) is 0.533. The van der Waals surface area contributed by atoms with Crippen molar-refractivity contribution in [2.24, 2.45) is 0 Å². The fourth-order valence-corrected chi connectivity index (χ4v) is 6.41. The van der Waals surface area contributed by atoms with Gasteiger partial charge in [0.05, 0.1) is 16.6 Å². The first-order chi connectivity index (χ1) is 19.6. The molecule has 6 heterocycles. The van der Waals surface area contributed by atoms with Gasteiger partial charge in [-0.05, 0) is 84.3 Å². The zero-order valence-corrected chi connectivity index (χ0v) is 24.2. The molecule has 2 saturated heterocycles. The van der Waals surface area contributed by atoms with Gasteiger partial charge in [0.15, 0.2) is 5.65 Å². The summed E-state index contributed by atoms with van der Waals surface area (Å²) in [5, 5.41) is 10.1. The lowest BCUT2D eigenvalue weighted by Gasteiger charge is -2.55. The number of fused-ring (bicyclic) bond motifs is 3. The molecule has 1 unspecified atom stereocenters. The molecule has 214 valence electrons. The molecule has 2 N–H and O–H groups in total. The van der Waals surface area contributed by atoms with Crippen LogP contribution in [-0.4, -0.2) is 58.6 Å². The largest absolute Gasteiger partial charge is 0.444 e. The van der Waals surface area contributed by atoms with Gasteiger partial charge in [0.25, 0.3) is 0 Å². The Bertz CT molecular complexity index is 1620. The second-order valence-corrected chi connectivity index (χ2v) is 13.0. The summed E-state index contributed by atoms with van der Waals surface area (Å²) in [6.07, 6.45) is 8.23. The number of hydrogen-bond donors (Lipinski definition) is 1. The molecule has 0 radical (unpaired) electrons. The minimum atomic E-state index is -0.488. The SMILES string of the molecule is CC(C)n1nc(-c2noc(C3CC3)c2-c2ccc(C3C[C@@H]4C[C@H](C3)N4C(=O)OC(C)(C)C)cn2)c2c(N)ncnc21. The monoisotopic (exact) mass is 556 g/mol. The van der Waals surface area contributed by atoms with Crippen molar-refractivity contribution in [3.63, 3.8) is 0 Å². The van der Waals surface area contributed by atoms with E-state index in [1.54, 1.807) is 0 Å². The Labute approximate surface area is 238 Å². The van der Waals surface area contributed by atoms with Crippen LogP contribution in [0, 0.1) is 0 Å². The van der Waals surface area contributed by atoms with Crippen molar-refractivity contribution in [2.45, 2.75) is 102 Å². The van der Waals surface area contributed by atoms with Crippen LogP contribution < -0.4 is 5.73 Å². The average molecular weight is 557 g/mol. The first kappa shape index (κ1) is 25.9. The first-order valence-corrected chi connectivity index (χ1v) is 14.5. The lowest BCUT2D eigenvalue weighted by molar-refractivity contribution is -0.0564. The Morgan fingerprint density at radius 2 is 1.80 bits per heavy atom. The summed E-state index contributed by atoms with van der Waals surface area (Å²) < 4.78 is 13.4. The second kappa shape index (κ2) is 9.25. The van der Waals surface area contributed by atoms with Crippen molar-refractivity contribution in [1.82, 2.24) is 34.8 Å². The van der Waals surface area contributed by atoms with E-state index >= 15 is 0 Å². The maximum Gasteiger partial charge on any atom is 0.410 e. The number of nitrogens with two attached hydrogens (primary N) is 1. The molecule has 0 aromatic carbocycles. The van der Waals surface area contributed by atoms with E-state index in [1.165, 1.54) is 11.9 Å². The van der Waals surface area contributed by atoms with Crippen LogP contribution in [0.4, 0.5) is 10.6 Å². The summed E-state index contributed by atoms with van der Waals surface area (Å²) in [6.45, 7) is 9.83. The van der Waals surface area contributed by atoms with Gasteiger partial charge in [0.1, 0.15) is 34.9 Å². The normalized spacial score (nSPS) is 22.3. The number of anilines is 1. The van der Waals surface area contributed by atoms with Crippen LogP contribution in [0.5, 0.6) is 0 Å². The minimum absolute atomic E-state index is 0.0733. The molecule has 8 rings (SSSR count). The summed E-state index contributed by atoms with van der Waals surface area (Å²) in [5.41, 5.74) is 10.6. The third-order valence-electron chi connectivity index (χ3n) is 8.46. The summed E-state index contributed by atoms with van der Waals surface area (Å²) in [6, 6.07) is 4.73.